The first-order chi connectivity index (χ1) is 8.13. The average Bonchev–Trinajstić information content (AvgIpc) is 2.62. The van der Waals surface area contributed by atoms with Gasteiger partial charge in [-0.05, 0) is 13.3 Å². The predicted molar refractivity (Wildman–Crippen MR) is 67.3 cm³/mol. The second kappa shape index (κ2) is 4.71. The van der Waals surface area contributed by atoms with Gasteiger partial charge in [-0.2, -0.15) is 5.10 Å². The molecule has 90 valence electrons. The van der Waals surface area contributed by atoms with E-state index in [1.54, 1.807) is 10.9 Å². The number of hydrogen-bond donors (Lipinski definition) is 1. The van der Waals surface area contributed by atoms with Crippen molar-refractivity contribution in [2.75, 3.05) is 5.73 Å². The zero-order chi connectivity index (χ0) is 12.4. The van der Waals surface area contributed by atoms with Crippen molar-refractivity contribution in [3.05, 3.63) is 28.8 Å². The number of nitrogens with zero attached hydrogens (tertiary/aromatic N) is 4. The van der Waals surface area contributed by atoms with Gasteiger partial charge >= 0.3 is 0 Å². The van der Waals surface area contributed by atoms with Crippen molar-refractivity contribution < 1.29 is 0 Å². The van der Waals surface area contributed by atoms with Crippen molar-refractivity contribution >= 4 is 17.4 Å². The Balaban J connectivity index is 2.54. The molecule has 0 aliphatic rings. The van der Waals surface area contributed by atoms with Crippen LogP contribution in [0.1, 0.15) is 24.6 Å². The molecular formula is C11H14ClN5. The van der Waals surface area contributed by atoms with Crippen LogP contribution in [0.3, 0.4) is 0 Å². The van der Waals surface area contributed by atoms with Gasteiger partial charge in [-0.1, -0.05) is 24.9 Å². The van der Waals surface area contributed by atoms with Gasteiger partial charge in [0.05, 0.1) is 16.9 Å². The zero-order valence-corrected chi connectivity index (χ0v) is 10.6. The molecule has 0 spiro atoms. The maximum Gasteiger partial charge on any atom is 0.162 e. The van der Waals surface area contributed by atoms with E-state index >= 15 is 0 Å². The molecule has 2 aromatic rings. The van der Waals surface area contributed by atoms with Gasteiger partial charge in [-0.3, -0.25) is 0 Å². The van der Waals surface area contributed by atoms with Crippen LogP contribution in [0.25, 0.3) is 5.82 Å². The molecule has 0 aromatic carbocycles. The van der Waals surface area contributed by atoms with Crippen LogP contribution in [-0.4, -0.2) is 19.7 Å². The zero-order valence-electron chi connectivity index (χ0n) is 9.81. The second-order valence-corrected chi connectivity index (χ2v) is 4.23. The summed E-state index contributed by atoms with van der Waals surface area (Å²) in [7, 11) is 0. The first kappa shape index (κ1) is 11.9. The lowest BCUT2D eigenvalue weighted by Gasteiger charge is -2.08. The lowest BCUT2D eigenvalue weighted by molar-refractivity contribution is 0.793. The van der Waals surface area contributed by atoms with Crippen molar-refractivity contribution in [1.29, 1.82) is 0 Å². The van der Waals surface area contributed by atoms with E-state index in [4.69, 9.17) is 17.3 Å². The van der Waals surface area contributed by atoms with E-state index in [2.05, 4.69) is 22.0 Å². The number of aryl methyl sites for hydroxylation is 1. The van der Waals surface area contributed by atoms with Gasteiger partial charge in [0.2, 0.25) is 0 Å². The normalized spacial score (nSPS) is 10.8. The molecule has 2 rings (SSSR count). The number of rotatable bonds is 3. The molecule has 0 fully saturated rings. The second-order valence-electron chi connectivity index (χ2n) is 3.82. The van der Waals surface area contributed by atoms with Gasteiger partial charge in [0.25, 0.3) is 0 Å². The third-order valence-electron chi connectivity index (χ3n) is 2.51. The number of nitrogen functional groups attached to an aromatic ring is 1. The highest BCUT2D eigenvalue weighted by molar-refractivity contribution is 6.31. The van der Waals surface area contributed by atoms with Gasteiger partial charge in [0.1, 0.15) is 12.1 Å². The van der Waals surface area contributed by atoms with Gasteiger partial charge < -0.3 is 5.73 Å². The third-order valence-corrected chi connectivity index (χ3v) is 2.88. The van der Waals surface area contributed by atoms with Crippen LogP contribution < -0.4 is 5.73 Å². The topological polar surface area (TPSA) is 69.6 Å². The fourth-order valence-electron chi connectivity index (χ4n) is 1.65. The molecule has 0 saturated carbocycles. The first-order valence-corrected chi connectivity index (χ1v) is 5.82. The minimum Gasteiger partial charge on any atom is -0.383 e. The van der Waals surface area contributed by atoms with Crippen LogP contribution in [0.15, 0.2) is 12.5 Å². The standard InChI is InChI=1S/C11H14ClN5/c1-3-4-8-10(13)14-6-15-11(8)17-5-9(12)7(2)16-17/h5-6H,3-4H2,1-2H3,(H2,13,14,15). The lowest BCUT2D eigenvalue weighted by atomic mass is 10.1. The van der Waals surface area contributed by atoms with Crippen molar-refractivity contribution in [1.82, 2.24) is 19.7 Å². The Bertz CT molecular complexity index is 515. The molecule has 0 unspecified atom stereocenters. The van der Waals surface area contributed by atoms with Crippen LogP contribution >= 0.6 is 11.6 Å². The van der Waals surface area contributed by atoms with E-state index in [1.807, 2.05) is 6.92 Å². The monoisotopic (exact) mass is 251 g/mol. The van der Waals surface area contributed by atoms with E-state index in [1.165, 1.54) is 6.33 Å². The summed E-state index contributed by atoms with van der Waals surface area (Å²) in [5.41, 5.74) is 7.55. The molecule has 6 heteroatoms. The summed E-state index contributed by atoms with van der Waals surface area (Å²) in [6.45, 7) is 3.93. The molecule has 2 heterocycles. The van der Waals surface area contributed by atoms with Crippen molar-refractivity contribution in [2.24, 2.45) is 0 Å². The highest BCUT2D eigenvalue weighted by Crippen LogP contribution is 2.21. The third kappa shape index (κ3) is 2.24. The van der Waals surface area contributed by atoms with E-state index in [9.17, 15) is 0 Å². The number of halogens is 1. The SMILES string of the molecule is CCCc1c(N)ncnc1-n1cc(Cl)c(C)n1. The summed E-state index contributed by atoms with van der Waals surface area (Å²) in [6.07, 6.45) is 4.96. The van der Waals surface area contributed by atoms with E-state index in [0.717, 1.165) is 24.1 Å². The smallest absolute Gasteiger partial charge is 0.162 e. The Morgan fingerprint density at radius 1 is 1.41 bits per heavy atom. The minimum atomic E-state index is 0.501. The Kier molecular flexibility index (Phi) is 3.28. The summed E-state index contributed by atoms with van der Waals surface area (Å²) in [5, 5.41) is 4.92. The molecular weight excluding hydrogens is 238 g/mol. The van der Waals surface area contributed by atoms with Crippen LogP contribution in [-0.2, 0) is 6.42 Å². The largest absolute Gasteiger partial charge is 0.383 e. The minimum absolute atomic E-state index is 0.501. The molecule has 17 heavy (non-hydrogen) atoms. The molecule has 0 saturated heterocycles. The average molecular weight is 252 g/mol. The van der Waals surface area contributed by atoms with Crippen molar-refractivity contribution in [3.8, 4) is 5.82 Å². The van der Waals surface area contributed by atoms with Crippen LogP contribution in [0, 0.1) is 6.92 Å². The maximum absolute atomic E-state index is 5.99. The van der Waals surface area contributed by atoms with E-state index in [-0.39, 0.29) is 0 Å². The summed E-state index contributed by atoms with van der Waals surface area (Å²) >= 11 is 5.99. The van der Waals surface area contributed by atoms with Crippen molar-refractivity contribution in [2.45, 2.75) is 26.7 Å². The number of aromatic nitrogens is 4. The first-order valence-electron chi connectivity index (χ1n) is 5.45. The van der Waals surface area contributed by atoms with Crippen LogP contribution in [0.2, 0.25) is 5.02 Å². The van der Waals surface area contributed by atoms with Gasteiger partial charge in [-0.25, -0.2) is 14.6 Å². The van der Waals surface area contributed by atoms with Crippen LogP contribution in [0.5, 0.6) is 0 Å². The molecule has 0 bridgehead atoms. The number of nitrogens with two attached hydrogens (primary N) is 1. The lowest BCUT2D eigenvalue weighted by Crippen LogP contribution is -2.08. The Hall–Kier alpha value is -1.62. The van der Waals surface area contributed by atoms with E-state index in [0.29, 0.717) is 16.7 Å². The molecule has 0 atom stereocenters. The summed E-state index contributed by atoms with van der Waals surface area (Å²) in [5.74, 6) is 1.20. The molecule has 0 aliphatic heterocycles. The fourth-order valence-corrected chi connectivity index (χ4v) is 1.78. The summed E-state index contributed by atoms with van der Waals surface area (Å²) < 4.78 is 1.65. The molecule has 5 nitrogen and oxygen atoms in total. The maximum atomic E-state index is 5.99. The van der Waals surface area contributed by atoms with Crippen molar-refractivity contribution in [3.63, 3.8) is 0 Å². The van der Waals surface area contributed by atoms with Gasteiger partial charge in [0.15, 0.2) is 5.82 Å². The summed E-state index contributed by atoms with van der Waals surface area (Å²) in [6, 6.07) is 0. The Labute approximate surface area is 105 Å². The highest BCUT2D eigenvalue weighted by atomic mass is 35.5. The van der Waals surface area contributed by atoms with Crippen LogP contribution in [0.4, 0.5) is 5.82 Å². The number of anilines is 1. The molecule has 0 amide bonds. The molecule has 2 aromatic heterocycles. The summed E-state index contributed by atoms with van der Waals surface area (Å²) in [4.78, 5) is 8.24. The quantitative estimate of drug-likeness (QED) is 0.908. The molecule has 2 N–H and O–H groups in total. The highest BCUT2D eigenvalue weighted by Gasteiger charge is 2.12. The molecule has 0 aliphatic carbocycles. The van der Waals surface area contributed by atoms with Gasteiger partial charge in [0, 0.05) is 5.56 Å². The Morgan fingerprint density at radius 2 is 2.18 bits per heavy atom. The van der Waals surface area contributed by atoms with E-state index < -0.39 is 0 Å². The van der Waals surface area contributed by atoms with Gasteiger partial charge in [-0.15, -0.1) is 0 Å². The fraction of sp³-hybridized carbons (Fsp3) is 0.364. The predicted octanol–water partition coefficient (Wildman–Crippen LogP) is 2.16. The molecule has 0 radical (unpaired) electrons. The Morgan fingerprint density at radius 3 is 2.76 bits per heavy atom. The number of hydrogen-bond acceptors (Lipinski definition) is 4.